The van der Waals surface area contributed by atoms with Gasteiger partial charge in [0.25, 0.3) is 0 Å². The van der Waals surface area contributed by atoms with Crippen molar-refractivity contribution in [1.82, 2.24) is 5.32 Å². The van der Waals surface area contributed by atoms with Gasteiger partial charge in [-0.2, -0.15) is 0 Å². The van der Waals surface area contributed by atoms with Gasteiger partial charge >= 0.3 is 0 Å². The summed E-state index contributed by atoms with van der Waals surface area (Å²) in [4.78, 5) is 12.5. The van der Waals surface area contributed by atoms with E-state index in [0.29, 0.717) is 6.42 Å². The fourth-order valence-electron chi connectivity index (χ4n) is 8.77. The zero-order chi connectivity index (χ0) is 44.4. The van der Waals surface area contributed by atoms with Crippen LogP contribution in [0.4, 0.5) is 0 Å². The minimum Gasteiger partial charge on any atom is -0.394 e. The molecule has 3 unspecified atom stereocenters. The monoisotopic (exact) mass is 860 g/mol. The largest absolute Gasteiger partial charge is 0.394 e. The van der Waals surface area contributed by atoms with Crippen LogP contribution in [0.5, 0.6) is 0 Å². The first kappa shape index (κ1) is 59.8. The Morgan fingerprint density at radius 1 is 0.410 bits per heavy atom. The number of aliphatic hydroxyl groups excluding tert-OH is 3. The van der Waals surface area contributed by atoms with Crippen LogP contribution in [0.2, 0.25) is 0 Å². The molecule has 3 atom stereocenters. The second kappa shape index (κ2) is 51.5. The molecule has 0 aliphatic heterocycles. The molecular weight excluding hydrogens is 751 g/mol. The van der Waals surface area contributed by atoms with E-state index < -0.39 is 18.2 Å². The fraction of sp³-hybridized carbons (Fsp3) is 0.911. The van der Waals surface area contributed by atoms with Crippen LogP contribution in [-0.4, -0.2) is 46.1 Å². The van der Waals surface area contributed by atoms with E-state index in [1.54, 1.807) is 6.08 Å². The van der Waals surface area contributed by atoms with E-state index in [-0.39, 0.29) is 18.9 Å². The lowest BCUT2D eigenvalue weighted by Gasteiger charge is -2.21. The molecule has 0 aromatic carbocycles. The highest BCUT2D eigenvalue weighted by atomic mass is 16.3. The molecule has 1 amide bonds. The average Bonchev–Trinajstić information content (AvgIpc) is 3.25. The Labute approximate surface area is 382 Å². The van der Waals surface area contributed by atoms with Crippen molar-refractivity contribution in [1.29, 1.82) is 0 Å². The molecule has 0 fully saturated rings. The Kier molecular flexibility index (Phi) is 50.5. The summed E-state index contributed by atoms with van der Waals surface area (Å²) in [5.74, 6) is -0.320. The minimum absolute atomic E-state index is 0.0102. The molecule has 0 aliphatic carbocycles. The number of unbranched alkanes of at least 4 members (excludes halogenated alkanes) is 40. The highest BCUT2D eigenvalue weighted by molar-refractivity contribution is 5.76. The van der Waals surface area contributed by atoms with E-state index in [4.69, 9.17) is 0 Å². The van der Waals surface area contributed by atoms with Gasteiger partial charge in [-0.3, -0.25) is 4.79 Å². The predicted octanol–water partition coefficient (Wildman–Crippen LogP) is 16.9. The van der Waals surface area contributed by atoms with E-state index in [2.05, 4.69) is 31.3 Å². The summed E-state index contributed by atoms with van der Waals surface area (Å²) in [6.45, 7) is 4.22. The second-order valence-electron chi connectivity index (χ2n) is 19.2. The predicted molar refractivity (Wildman–Crippen MR) is 268 cm³/mol. The van der Waals surface area contributed by atoms with E-state index >= 15 is 0 Å². The van der Waals surface area contributed by atoms with E-state index in [1.165, 1.54) is 244 Å². The van der Waals surface area contributed by atoms with Crippen LogP contribution in [0, 0.1) is 0 Å². The number of amides is 1. The molecule has 0 aliphatic rings. The number of aliphatic hydroxyl groups is 3. The Hall–Kier alpha value is -1.17. The molecule has 0 spiro atoms. The molecule has 0 saturated heterocycles. The van der Waals surface area contributed by atoms with Crippen LogP contribution in [0.15, 0.2) is 24.3 Å². The van der Waals surface area contributed by atoms with Gasteiger partial charge in [0, 0.05) is 0 Å². The Morgan fingerprint density at radius 3 is 1.05 bits per heavy atom. The normalized spacial score (nSPS) is 13.5. The number of carbonyl (C=O) groups is 1. The van der Waals surface area contributed by atoms with Gasteiger partial charge in [0.05, 0.1) is 31.3 Å². The highest BCUT2D eigenvalue weighted by Gasteiger charge is 2.20. The third kappa shape index (κ3) is 48.1. The maximum atomic E-state index is 12.5. The van der Waals surface area contributed by atoms with Crippen molar-refractivity contribution in [2.24, 2.45) is 0 Å². The second-order valence-corrected chi connectivity index (χ2v) is 19.2. The van der Waals surface area contributed by atoms with Crippen LogP contribution in [0.25, 0.3) is 0 Å². The van der Waals surface area contributed by atoms with Crippen molar-refractivity contribution in [3.8, 4) is 0 Å². The summed E-state index contributed by atoms with van der Waals surface area (Å²) >= 11 is 0. The van der Waals surface area contributed by atoms with Crippen LogP contribution in [0.1, 0.15) is 303 Å². The Bertz CT molecular complexity index is 905. The molecule has 0 rings (SSSR count). The standard InChI is InChI=1S/C56H109NO4/c1-3-5-7-9-11-13-15-17-19-20-21-22-23-24-25-26-27-28-29-30-31-32-33-34-36-37-39-41-43-45-47-49-53(59)51-56(61)57-54(52-58)55(60)50-48-46-44-42-40-38-35-18-16-14-12-10-8-6-4-2/h40,42,48,50,53-55,58-60H,3-39,41,43-47,49,51-52H2,1-2H3,(H,57,61)/b42-40+,50-48+. The van der Waals surface area contributed by atoms with Crippen molar-refractivity contribution in [2.45, 2.75) is 321 Å². The van der Waals surface area contributed by atoms with Crippen molar-refractivity contribution in [3.05, 3.63) is 24.3 Å². The molecule has 0 heterocycles. The summed E-state index contributed by atoms with van der Waals surface area (Å²) in [6, 6.07) is -0.758. The fourth-order valence-corrected chi connectivity index (χ4v) is 8.77. The maximum absolute atomic E-state index is 12.5. The van der Waals surface area contributed by atoms with Crippen LogP contribution >= 0.6 is 0 Å². The van der Waals surface area contributed by atoms with Gasteiger partial charge in [-0.15, -0.1) is 0 Å². The van der Waals surface area contributed by atoms with E-state index in [0.717, 1.165) is 32.1 Å². The summed E-state index contributed by atoms with van der Waals surface area (Å²) in [7, 11) is 0. The number of hydrogen-bond acceptors (Lipinski definition) is 4. The summed E-state index contributed by atoms with van der Waals surface area (Å²) in [5, 5.41) is 33.3. The van der Waals surface area contributed by atoms with Crippen LogP contribution in [0.3, 0.4) is 0 Å². The first-order valence-electron chi connectivity index (χ1n) is 27.6. The lowest BCUT2D eigenvalue weighted by Crippen LogP contribution is -2.45. The number of carbonyl (C=O) groups excluding carboxylic acids is 1. The molecule has 4 N–H and O–H groups in total. The SMILES string of the molecule is CCCCCCCCCCC/C=C/CC/C=C/C(O)C(CO)NC(=O)CC(O)CCCCCCCCCCCCCCCCCCCCCCCCCCCCCCCCC. The number of allylic oxidation sites excluding steroid dienone is 3. The van der Waals surface area contributed by atoms with Crippen molar-refractivity contribution in [3.63, 3.8) is 0 Å². The molecular formula is C56H109NO4. The van der Waals surface area contributed by atoms with Gasteiger partial charge in [0.1, 0.15) is 0 Å². The molecule has 5 heteroatoms. The third-order valence-electron chi connectivity index (χ3n) is 13.0. The van der Waals surface area contributed by atoms with Crippen LogP contribution < -0.4 is 5.32 Å². The summed E-state index contributed by atoms with van der Waals surface area (Å²) in [5.41, 5.74) is 0. The first-order chi connectivity index (χ1) is 30.0. The summed E-state index contributed by atoms with van der Waals surface area (Å²) in [6.07, 6.45) is 65.2. The Morgan fingerprint density at radius 2 is 0.705 bits per heavy atom. The molecule has 0 saturated carbocycles. The minimum atomic E-state index is -0.949. The van der Waals surface area contributed by atoms with E-state index in [9.17, 15) is 20.1 Å². The first-order valence-corrected chi connectivity index (χ1v) is 27.6. The molecule has 0 aromatic rings. The van der Waals surface area contributed by atoms with Crippen molar-refractivity contribution >= 4 is 5.91 Å². The lowest BCUT2D eigenvalue weighted by molar-refractivity contribution is -0.124. The maximum Gasteiger partial charge on any atom is 0.222 e. The van der Waals surface area contributed by atoms with Crippen LogP contribution in [-0.2, 0) is 4.79 Å². The molecule has 0 bridgehead atoms. The zero-order valence-corrected chi connectivity index (χ0v) is 41.3. The summed E-state index contributed by atoms with van der Waals surface area (Å²) < 4.78 is 0. The lowest BCUT2D eigenvalue weighted by atomic mass is 10.0. The van der Waals surface area contributed by atoms with E-state index in [1.807, 2.05) is 6.08 Å². The van der Waals surface area contributed by atoms with Gasteiger partial charge < -0.3 is 20.6 Å². The number of hydrogen-bond donors (Lipinski definition) is 4. The van der Waals surface area contributed by atoms with Gasteiger partial charge in [-0.25, -0.2) is 0 Å². The molecule has 362 valence electrons. The Balaban J connectivity index is 3.50. The quantitative estimate of drug-likeness (QED) is 0.0362. The number of nitrogens with one attached hydrogen (secondary N) is 1. The van der Waals surface area contributed by atoms with Crippen molar-refractivity contribution in [2.75, 3.05) is 6.61 Å². The van der Waals surface area contributed by atoms with Crippen molar-refractivity contribution < 1.29 is 20.1 Å². The molecule has 61 heavy (non-hydrogen) atoms. The zero-order valence-electron chi connectivity index (χ0n) is 41.3. The van der Waals surface area contributed by atoms with Gasteiger partial charge in [0.2, 0.25) is 5.91 Å². The topological polar surface area (TPSA) is 89.8 Å². The number of rotatable bonds is 51. The smallest absolute Gasteiger partial charge is 0.222 e. The van der Waals surface area contributed by atoms with Gasteiger partial charge in [0.15, 0.2) is 0 Å². The molecule has 0 radical (unpaired) electrons. The average molecular weight is 860 g/mol. The van der Waals surface area contributed by atoms with Gasteiger partial charge in [-0.1, -0.05) is 289 Å². The highest BCUT2D eigenvalue weighted by Crippen LogP contribution is 2.18. The molecule has 5 nitrogen and oxygen atoms in total. The molecule has 0 aromatic heterocycles. The third-order valence-corrected chi connectivity index (χ3v) is 13.0. The van der Waals surface area contributed by atoms with Gasteiger partial charge in [-0.05, 0) is 32.1 Å².